The molecule has 122 valence electrons. The third kappa shape index (κ3) is 3.23. The summed E-state index contributed by atoms with van der Waals surface area (Å²) in [4.78, 5) is 17.0. The van der Waals surface area contributed by atoms with Gasteiger partial charge in [-0.1, -0.05) is 36.4 Å². The molecule has 0 aliphatic heterocycles. The number of benzene rings is 2. The number of allylic oxidation sites excluding steroid dienone is 1. The van der Waals surface area contributed by atoms with Gasteiger partial charge in [0.2, 0.25) is 0 Å². The zero-order valence-electron chi connectivity index (χ0n) is 13.8. The SMILES string of the molecule is C=CCn1c(CCNC(=O)c2ccccc2C)nc2ccccc21. The van der Waals surface area contributed by atoms with Gasteiger partial charge < -0.3 is 9.88 Å². The average Bonchev–Trinajstić information content (AvgIpc) is 2.93. The predicted molar refractivity (Wildman–Crippen MR) is 97.1 cm³/mol. The van der Waals surface area contributed by atoms with Crippen molar-refractivity contribution in [3.8, 4) is 0 Å². The first-order valence-corrected chi connectivity index (χ1v) is 8.09. The zero-order chi connectivity index (χ0) is 16.9. The van der Waals surface area contributed by atoms with Crippen molar-refractivity contribution in [2.75, 3.05) is 6.54 Å². The summed E-state index contributed by atoms with van der Waals surface area (Å²) in [5, 5.41) is 2.98. The van der Waals surface area contributed by atoms with Gasteiger partial charge in [0, 0.05) is 25.1 Å². The van der Waals surface area contributed by atoms with Gasteiger partial charge in [0.25, 0.3) is 5.91 Å². The molecule has 0 saturated carbocycles. The number of imidazole rings is 1. The van der Waals surface area contributed by atoms with Crippen LogP contribution in [0.3, 0.4) is 0 Å². The van der Waals surface area contributed by atoms with Gasteiger partial charge in [0.1, 0.15) is 5.82 Å². The summed E-state index contributed by atoms with van der Waals surface area (Å²) in [5.41, 5.74) is 3.77. The van der Waals surface area contributed by atoms with E-state index in [-0.39, 0.29) is 5.91 Å². The second kappa shape index (κ2) is 7.13. The fraction of sp³-hybridized carbons (Fsp3) is 0.200. The Labute approximate surface area is 141 Å². The standard InChI is InChI=1S/C20H21N3O/c1-3-14-23-18-11-7-6-10-17(18)22-19(23)12-13-21-20(24)16-9-5-4-8-15(16)2/h3-11H,1,12-14H2,2H3,(H,21,24). The summed E-state index contributed by atoms with van der Waals surface area (Å²) < 4.78 is 2.14. The summed E-state index contributed by atoms with van der Waals surface area (Å²) in [5.74, 6) is 0.917. The van der Waals surface area contributed by atoms with Crippen LogP contribution in [0.15, 0.2) is 61.2 Å². The lowest BCUT2D eigenvalue weighted by Crippen LogP contribution is -2.27. The summed E-state index contributed by atoms with van der Waals surface area (Å²) in [7, 11) is 0. The molecule has 0 atom stereocenters. The molecule has 0 saturated heterocycles. The molecule has 0 spiro atoms. The number of carbonyl (C=O) groups is 1. The van der Waals surface area contributed by atoms with Gasteiger partial charge in [-0.25, -0.2) is 4.98 Å². The van der Waals surface area contributed by atoms with Crippen molar-refractivity contribution in [1.29, 1.82) is 0 Å². The van der Waals surface area contributed by atoms with E-state index in [1.54, 1.807) is 0 Å². The zero-order valence-corrected chi connectivity index (χ0v) is 13.8. The lowest BCUT2D eigenvalue weighted by atomic mass is 10.1. The van der Waals surface area contributed by atoms with Crippen LogP contribution in [0.25, 0.3) is 11.0 Å². The van der Waals surface area contributed by atoms with Gasteiger partial charge in [-0.3, -0.25) is 4.79 Å². The maximum absolute atomic E-state index is 12.3. The largest absolute Gasteiger partial charge is 0.352 e. The van der Waals surface area contributed by atoms with Gasteiger partial charge in [0.15, 0.2) is 0 Å². The topological polar surface area (TPSA) is 46.9 Å². The molecule has 0 bridgehead atoms. The molecule has 0 fully saturated rings. The first-order valence-electron chi connectivity index (χ1n) is 8.09. The van der Waals surface area contributed by atoms with Crippen molar-refractivity contribution in [2.24, 2.45) is 0 Å². The van der Waals surface area contributed by atoms with Crippen LogP contribution in [-0.2, 0) is 13.0 Å². The van der Waals surface area contributed by atoms with E-state index in [1.807, 2.05) is 55.5 Å². The van der Waals surface area contributed by atoms with E-state index in [2.05, 4.69) is 27.5 Å². The number of para-hydroxylation sites is 2. The molecule has 24 heavy (non-hydrogen) atoms. The Morgan fingerprint density at radius 1 is 1.21 bits per heavy atom. The second-order valence-electron chi connectivity index (χ2n) is 5.74. The van der Waals surface area contributed by atoms with E-state index in [0.29, 0.717) is 19.5 Å². The van der Waals surface area contributed by atoms with E-state index in [4.69, 9.17) is 0 Å². The minimum absolute atomic E-state index is 0.0421. The molecule has 1 heterocycles. The van der Waals surface area contributed by atoms with Crippen LogP contribution in [0.5, 0.6) is 0 Å². The molecule has 0 unspecified atom stereocenters. The van der Waals surface area contributed by atoms with Crippen LogP contribution < -0.4 is 5.32 Å². The highest BCUT2D eigenvalue weighted by Gasteiger charge is 2.11. The third-order valence-corrected chi connectivity index (χ3v) is 4.07. The number of hydrogen-bond donors (Lipinski definition) is 1. The van der Waals surface area contributed by atoms with Crippen LogP contribution in [0.4, 0.5) is 0 Å². The molecule has 0 radical (unpaired) electrons. The number of nitrogens with one attached hydrogen (secondary N) is 1. The molecule has 3 aromatic rings. The van der Waals surface area contributed by atoms with Crippen LogP contribution in [0.1, 0.15) is 21.7 Å². The minimum Gasteiger partial charge on any atom is -0.352 e. The van der Waals surface area contributed by atoms with E-state index >= 15 is 0 Å². The predicted octanol–water partition coefficient (Wildman–Crippen LogP) is 3.50. The number of carbonyl (C=O) groups excluding carboxylic acids is 1. The molecule has 0 aliphatic rings. The molecule has 2 aromatic carbocycles. The highest BCUT2D eigenvalue weighted by atomic mass is 16.1. The van der Waals surface area contributed by atoms with E-state index in [0.717, 1.165) is 28.0 Å². The number of rotatable bonds is 6. The summed E-state index contributed by atoms with van der Waals surface area (Å²) in [6.45, 7) is 7.03. The molecule has 4 nitrogen and oxygen atoms in total. The molecular weight excluding hydrogens is 298 g/mol. The van der Waals surface area contributed by atoms with Crippen molar-refractivity contribution in [1.82, 2.24) is 14.9 Å². The minimum atomic E-state index is -0.0421. The maximum Gasteiger partial charge on any atom is 0.251 e. The fourth-order valence-electron chi connectivity index (χ4n) is 2.86. The Bertz CT molecular complexity index is 879. The van der Waals surface area contributed by atoms with E-state index in [1.165, 1.54) is 0 Å². The number of hydrogen-bond acceptors (Lipinski definition) is 2. The Hall–Kier alpha value is -2.88. The molecule has 3 rings (SSSR count). The van der Waals surface area contributed by atoms with Crippen molar-refractivity contribution in [2.45, 2.75) is 19.9 Å². The molecule has 1 amide bonds. The first-order chi connectivity index (χ1) is 11.7. The molecule has 1 aromatic heterocycles. The van der Waals surface area contributed by atoms with Crippen LogP contribution in [0.2, 0.25) is 0 Å². The number of amides is 1. The lowest BCUT2D eigenvalue weighted by molar-refractivity contribution is 0.0953. The maximum atomic E-state index is 12.3. The summed E-state index contributed by atoms with van der Waals surface area (Å²) in [6, 6.07) is 15.7. The van der Waals surface area contributed by atoms with Crippen LogP contribution >= 0.6 is 0 Å². The van der Waals surface area contributed by atoms with E-state index < -0.39 is 0 Å². The highest BCUT2D eigenvalue weighted by Crippen LogP contribution is 2.16. The van der Waals surface area contributed by atoms with Gasteiger partial charge in [0.05, 0.1) is 11.0 Å². The Morgan fingerprint density at radius 3 is 2.75 bits per heavy atom. The highest BCUT2D eigenvalue weighted by molar-refractivity contribution is 5.95. The number of fused-ring (bicyclic) bond motifs is 1. The van der Waals surface area contributed by atoms with Gasteiger partial charge in [-0.05, 0) is 30.7 Å². The van der Waals surface area contributed by atoms with Gasteiger partial charge in [-0.2, -0.15) is 0 Å². The summed E-state index contributed by atoms with van der Waals surface area (Å²) in [6.07, 6.45) is 2.55. The van der Waals surface area contributed by atoms with Gasteiger partial charge >= 0.3 is 0 Å². The number of aromatic nitrogens is 2. The monoisotopic (exact) mass is 319 g/mol. The summed E-state index contributed by atoms with van der Waals surface area (Å²) >= 11 is 0. The molecule has 0 aliphatic carbocycles. The molecule has 1 N–H and O–H groups in total. The number of aryl methyl sites for hydroxylation is 1. The van der Waals surface area contributed by atoms with Crippen molar-refractivity contribution in [3.05, 3.63) is 78.1 Å². The Morgan fingerprint density at radius 2 is 1.96 bits per heavy atom. The number of nitrogens with zero attached hydrogens (tertiary/aromatic N) is 2. The Kier molecular flexibility index (Phi) is 4.75. The average molecular weight is 319 g/mol. The molecular formula is C20H21N3O. The lowest BCUT2D eigenvalue weighted by Gasteiger charge is -2.09. The van der Waals surface area contributed by atoms with Crippen molar-refractivity contribution in [3.63, 3.8) is 0 Å². The van der Waals surface area contributed by atoms with Gasteiger partial charge in [-0.15, -0.1) is 6.58 Å². The van der Waals surface area contributed by atoms with Crippen molar-refractivity contribution < 1.29 is 4.79 Å². The van der Waals surface area contributed by atoms with E-state index in [9.17, 15) is 4.79 Å². The van der Waals surface area contributed by atoms with Crippen LogP contribution in [0, 0.1) is 6.92 Å². The fourth-order valence-corrected chi connectivity index (χ4v) is 2.86. The second-order valence-corrected chi connectivity index (χ2v) is 5.74. The quantitative estimate of drug-likeness (QED) is 0.707. The Balaban J connectivity index is 1.72. The van der Waals surface area contributed by atoms with Crippen LogP contribution in [-0.4, -0.2) is 22.0 Å². The third-order valence-electron chi connectivity index (χ3n) is 4.07. The first kappa shape index (κ1) is 16.0. The molecule has 4 heteroatoms. The normalized spacial score (nSPS) is 10.7. The smallest absolute Gasteiger partial charge is 0.251 e. The van der Waals surface area contributed by atoms with Crippen molar-refractivity contribution >= 4 is 16.9 Å².